The van der Waals surface area contributed by atoms with E-state index in [-0.39, 0.29) is 25.0 Å². The lowest BCUT2D eigenvalue weighted by Gasteiger charge is -2.26. The summed E-state index contributed by atoms with van der Waals surface area (Å²) in [6.45, 7) is 1.33. The molecule has 0 heterocycles. The van der Waals surface area contributed by atoms with E-state index in [1.54, 1.807) is 0 Å². The number of hydrogen-bond acceptors (Lipinski definition) is 5. The SMILES string of the molecule is CC(=O)CC1C(C#N)(C#N)CCC1(C#N)C#N. The predicted molar refractivity (Wildman–Crippen MR) is 55.3 cm³/mol. The van der Waals surface area contributed by atoms with Crippen LogP contribution in [0, 0.1) is 62.1 Å². The largest absolute Gasteiger partial charge is 0.300 e. The molecule has 0 atom stereocenters. The highest BCUT2D eigenvalue weighted by molar-refractivity contribution is 5.76. The molecule has 1 saturated carbocycles. The molecule has 17 heavy (non-hydrogen) atoms. The number of nitrogens with zero attached hydrogens (tertiary/aromatic N) is 4. The van der Waals surface area contributed by atoms with E-state index in [4.69, 9.17) is 21.0 Å². The number of hydrogen-bond donors (Lipinski definition) is 0. The van der Waals surface area contributed by atoms with Gasteiger partial charge in [0.05, 0.1) is 24.3 Å². The fourth-order valence-electron chi connectivity index (χ4n) is 2.38. The maximum absolute atomic E-state index is 11.2. The lowest BCUT2D eigenvalue weighted by molar-refractivity contribution is -0.118. The highest BCUT2D eigenvalue weighted by Gasteiger charge is 2.59. The minimum Gasteiger partial charge on any atom is -0.300 e. The molecular weight excluding hydrogens is 216 g/mol. The van der Waals surface area contributed by atoms with E-state index in [2.05, 4.69) is 0 Å². The standard InChI is InChI=1S/C12H10N4O/c1-9(17)4-10-11(5-13,6-14)2-3-12(10,7-15)8-16/h10H,2-4H2,1H3. The number of carbonyl (C=O) groups is 1. The van der Waals surface area contributed by atoms with Crippen molar-refractivity contribution in [3.63, 3.8) is 0 Å². The van der Waals surface area contributed by atoms with Gasteiger partial charge in [-0.05, 0) is 19.8 Å². The van der Waals surface area contributed by atoms with Gasteiger partial charge in [-0.15, -0.1) is 0 Å². The van der Waals surface area contributed by atoms with E-state index >= 15 is 0 Å². The Morgan fingerprint density at radius 1 is 1.06 bits per heavy atom. The monoisotopic (exact) mass is 226 g/mol. The molecule has 1 rings (SSSR count). The van der Waals surface area contributed by atoms with Gasteiger partial charge in [0.2, 0.25) is 0 Å². The predicted octanol–water partition coefficient (Wildman–Crippen LogP) is 1.44. The molecule has 0 spiro atoms. The van der Waals surface area contributed by atoms with Gasteiger partial charge in [-0.2, -0.15) is 21.0 Å². The third-order valence-electron chi connectivity index (χ3n) is 3.39. The van der Waals surface area contributed by atoms with Crippen molar-refractivity contribution >= 4 is 5.78 Å². The Labute approximate surface area is 99.5 Å². The molecule has 1 aliphatic rings. The number of carbonyl (C=O) groups excluding carboxylic acids is 1. The second-order valence-electron chi connectivity index (χ2n) is 4.35. The van der Waals surface area contributed by atoms with Gasteiger partial charge >= 0.3 is 0 Å². The molecule has 5 nitrogen and oxygen atoms in total. The van der Waals surface area contributed by atoms with Gasteiger partial charge in [-0.25, -0.2) is 0 Å². The maximum atomic E-state index is 11.2. The fourth-order valence-corrected chi connectivity index (χ4v) is 2.38. The molecule has 0 aromatic heterocycles. The lowest BCUT2D eigenvalue weighted by atomic mass is 9.69. The summed E-state index contributed by atoms with van der Waals surface area (Å²) in [6.07, 6.45) is 0.250. The first kappa shape index (κ1) is 12.7. The topological polar surface area (TPSA) is 112 Å². The zero-order valence-electron chi connectivity index (χ0n) is 9.40. The Bertz CT molecular complexity index is 441. The lowest BCUT2D eigenvalue weighted by Crippen LogP contribution is -2.33. The van der Waals surface area contributed by atoms with Crippen LogP contribution in [0.2, 0.25) is 0 Å². The van der Waals surface area contributed by atoms with Crippen molar-refractivity contribution in [1.29, 1.82) is 21.0 Å². The molecule has 0 aromatic carbocycles. The summed E-state index contributed by atoms with van der Waals surface area (Å²) in [7, 11) is 0. The van der Waals surface area contributed by atoms with Crippen LogP contribution in [0.4, 0.5) is 0 Å². The van der Waals surface area contributed by atoms with Crippen LogP contribution < -0.4 is 0 Å². The van der Waals surface area contributed by atoms with Gasteiger partial charge in [0.25, 0.3) is 0 Å². The summed E-state index contributed by atoms with van der Waals surface area (Å²) in [4.78, 5) is 11.2. The molecule has 1 fully saturated rings. The van der Waals surface area contributed by atoms with Crippen molar-refractivity contribution in [2.45, 2.75) is 26.2 Å². The Morgan fingerprint density at radius 3 is 1.65 bits per heavy atom. The molecule has 1 aliphatic carbocycles. The average molecular weight is 226 g/mol. The summed E-state index contributed by atoms with van der Waals surface area (Å²) < 4.78 is 0. The Balaban J connectivity index is 3.32. The van der Waals surface area contributed by atoms with Crippen LogP contribution in [-0.2, 0) is 4.79 Å². The van der Waals surface area contributed by atoms with Crippen LogP contribution >= 0.6 is 0 Å². The maximum Gasteiger partial charge on any atom is 0.149 e. The Kier molecular flexibility index (Phi) is 3.17. The first-order valence-corrected chi connectivity index (χ1v) is 5.14. The van der Waals surface area contributed by atoms with Crippen molar-refractivity contribution in [1.82, 2.24) is 0 Å². The summed E-state index contributed by atoms with van der Waals surface area (Å²) in [5.74, 6) is -1.04. The number of nitriles is 4. The smallest absolute Gasteiger partial charge is 0.149 e. The highest BCUT2D eigenvalue weighted by atomic mass is 16.1. The van der Waals surface area contributed by atoms with Crippen molar-refractivity contribution in [3.05, 3.63) is 0 Å². The second kappa shape index (κ2) is 4.25. The quantitative estimate of drug-likeness (QED) is 0.706. The summed E-state index contributed by atoms with van der Waals surface area (Å²) in [6, 6.07) is 7.56. The van der Waals surface area contributed by atoms with E-state index in [0.29, 0.717) is 0 Å². The molecule has 0 saturated heterocycles. The molecule has 0 amide bonds. The van der Waals surface area contributed by atoms with Crippen LogP contribution in [0.3, 0.4) is 0 Å². The van der Waals surface area contributed by atoms with Gasteiger partial charge in [-0.3, -0.25) is 0 Å². The zero-order valence-corrected chi connectivity index (χ0v) is 9.40. The van der Waals surface area contributed by atoms with E-state index in [1.165, 1.54) is 6.92 Å². The van der Waals surface area contributed by atoms with Gasteiger partial charge in [0.1, 0.15) is 16.6 Å². The van der Waals surface area contributed by atoms with Crippen molar-refractivity contribution in [2.75, 3.05) is 0 Å². The molecule has 0 unspecified atom stereocenters. The molecule has 0 N–H and O–H groups in total. The van der Waals surface area contributed by atoms with Crippen molar-refractivity contribution in [3.8, 4) is 24.3 Å². The third kappa shape index (κ3) is 1.73. The fraction of sp³-hybridized carbons (Fsp3) is 0.583. The van der Waals surface area contributed by atoms with Gasteiger partial charge < -0.3 is 4.79 Å². The second-order valence-corrected chi connectivity index (χ2v) is 4.35. The molecule has 0 aliphatic heterocycles. The number of rotatable bonds is 2. The van der Waals surface area contributed by atoms with E-state index in [9.17, 15) is 4.79 Å². The van der Waals surface area contributed by atoms with Crippen molar-refractivity contribution < 1.29 is 4.79 Å². The Morgan fingerprint density at radius 2 is 1.41 bits per heavy atom. The molecule has 5 heteroatoms. The minimum atomic E-state index is -1.39. The van der Waals surface area contributed by atoms with Gasteiger partial charge in [-0.1, -0.05) is 0 Å². The average Bonchev–Trinajstić information content (AvgIpc) is 2.64. The van der Waals surface area contributed by atoms with Gasteiger partial charge in [0.15, 0.2) is 0 Å². The van der Waals surface area contributed by atoms with E-state index in [1.807, 2.05) is 24.3 Å². The van der Waals surface area contributed by atoms with E-state index < -0.39 is 16.7 Å². The first-order chi connectivity index (χ1) is 8.00. The zero-order chi connectivity index (χ0) is 13.1. The van der Waals surface area contributed by atoms with E-state index in [0.717, 1.165) is 0 Å². The van der Waals surface area contributed by atoms with Crippen LogP contribution in [0.5, 0.6) is 0 Å². The number of Topliss-reactive ketones (excluding diaryl/α,β-unsaturated/α-hetero) is 1. The van der Waals surface area contributed by atoms with Crippen LogP contribution in [0.1, 0.15) is 26.2 Å². The van der Waals surface area contributed by atoms with Gasteiger partial charge in [0, 0.05) is 12.3 Å². The van der Waals surface area contributed by atoms with Crippen LogP contribution in [0.15, 0.2) is 0 Å². The number of ketones is 1. The molecule has 0 radical (unpaired) electrons. The molecule has 84 valence electrons. The normalized spacial score (nSPS) is 20.5. The van der Waals surface area contributed by atoms with Crippen LogP contribution in [0.25, 0.3) is 0 Å². The van der Waals surface area contributed by atoms with Crippen molar-refractivity contribution in [2.24, 2.45) is 16.7 Å². The summed E-state index contributed by atoms with van der Waals surface area (Å²) in [5, 5.41) is 36.5. The van der Waals surface area contributed by atoms with Crippen LogP contribution in [-0.4, -0.2) is 5.78 Å². The summed E-state index contributed by atoms with van der Waals surface area (Å²) >= 11 is 0. The molecular formula is C12H10N4O. The summed E-state index contributed by atoms with van der Waals surface area (Å²) in [5.41, 5.74) is -2.78. The highest BCUT2D eigenvalue weighted by Crippen LogP contribution is 2.55. The third-order valence-corrected chi connectivity index (χ3v) is 3.39. The first-order valence-electron chi connectivity index (χ1n) is 5.14. The Hall–Kier alpha value is -2.37. The minimum absolute atomic E-state index is 0.0811. The molecule has 0 aromatic rings. The molecule has 0 bridgehead atoms.